The lowest BCUT2D eigenvalue weighted by Crippen LogP contribution is -2.39. The molecule has 0 unspecified atom stereocenters. The molecule has 0 saturated heterocycles. The van der Waals surface area contributed by atoms with Crippen LogP contribution in [0.15, 0.2) is 36.5 Å². The summed E-state index contributed by atoms with van der Waals surface area (Å²) in [7, 11) is -4.63. The van der Waals surface area contributed by atoms with Crippen molar-refractivity contribution in [1.29, 1.82) is 0 Å². The summed E-state index contributed by atoms with van der Waals surface area (Å²) in [6, 6.07) is 9.39. The first-order valence-corrected chi connectivity index (χ1v) is 6.24. The van der Waals surface area contributed by atoms with Crippen molar-refractivity contribution in [2.24, 2.45) is 0 Å². The van der Waals surface area contributed by atoms with Crippen LogP contribution in [0.1, 0.15) is 0 Å². The Balaban J connectivity index is 2.09. The molecule has 0 aliphatic carbocycles. The standard InChI is InChI=1S/C10H10N2O4S/c13-17(14,15)16-8-7-12-6-5-9-3-1-2-4-10(9)11-12/h1-6H,7-8H2. The van der Waals surface area contributed by atoms with E-state index in [4.69, 9.17) is 0 Å². The van der Waals surface area contributed by atoms with Crippen LogP contribution >= 0.6 is 0 Å². The number of benzene rings is 1. The molecule has 6 nitrogen and oxygen atoms in total. The van der Waals surface area contributed by atoms with E-state index in [-0.39, 0.29) is 13.2 Å². The maximum Gasteiger partial charge on any atom is 0.217 e. The summed E-state index contributed by atoms with van der Waals surface area (Å²) in [6.45, 7) is -0.0197. The van der Waals surface area contributed by atoms with Crippen molar-refractivity contribution in [2.75, 3.05) is 6.61 Å². The molecule has 0 aliphatic rings. The van der Waals surface area contributed by atoms with Crippen molar-refractivity contribution in [2.45, 2.75) is 6.54 Å². The second-order valence-electron chi connectivity index (χ2n) is 3.37. The molecule has 0 saturated carbocycles. The van der Waals surface area contributed by atoms with Crippen molar-refractivity contribution in [3.8, 4) is 0 Å². The molecule has 1 aromatic carbocycles. The second-order valence-corrected chi connectivity index (χ2v) is 4.42. The fourth-order valence-electron chi connectivity index (χ4n) is 1.41. The molecule has 0 radical (unpaired) electrons. The smallest absolute Gasteiger partial charge is 0.217 e. The Bertz CT molecular complexity index is 627. The van der Waals surface area contributed by atoms with Crippen molar-refractivity contribution in [1.82, 2.24) is 5.10 Å². The number of rotatable bonds is 4. The SMILES string of the molecule is O=S(=O)([O-])OCC[n+]1ccc2ccccc2n1. The highest BCUT2D eigenvalue weighted by atomic mass is 32.3. The Labute approximate surface area is 98.4 Å². The van der Waals surface area contributed by atoms with Gasteiger partial charge in [-0.15, -0.1) is 0 Å². The molecule has 1 aromatic heterocycles. The van der Waals surface area contributed by atoms with Crippen LogP contribution in [-0.4, -0.2) is 24.7 Å². The lowest BCUT2D eigenvalue weighted by atomic mass is 10.2. The summed E-state index contributed by atoms with van der Waals surface area (Å²) in [5.74, 6) is 0. The fraction of sp³-hybridized carbons (Fsp3) is 0.200. The molecular formula is C10H10N2O4S. The minimum absolute atomic E-state index is 0.201. The lowest BCUT2D eigenvalue weighted by molar-refractivity contribution is -0.752. The zero-order chi connectivity index (χ0) is 12.3. The van der Waals surface area contributed by atoms with Gasteiger partial charge in [0.15, 0.2) is 12.7 Å². The van der Waals surface area contributed by atoms with Gasteiger partial charge >= 0.3 is 0 Å². The molecule has 1 heterocycles. The summed E-state index contributed by atoms with van der Waals surface area (Å²) >= 11 is 0. The van der Waals surface area contributed by atoms with Gasteiger partial charge in [0.1, 0.15) is 12.1 Å². The van der Waals surface area contributed by atoms with Gasteiger partial charge in [0.2, 0.25) is 10.4 Å². The summed E-state index contributed by atoms with van der Waals surface area (Å²) in [5, 5.41) is 5.22. The normalized spacial score (nSPS) is 11.8. The minimum Gasteiger partial charge on any atom is -0.726 e. The van der Waals surface area contributed by atoms with Crippen molar-refractivity contribution in [3.05, 3.63) is 36.5 Å². The first-order chi connectivity index (χ1) is 8.04. The van der Waals surface area contributed by atoms with E-state index in [0.29, 0.717) is 0 Å². The largest absolute Gasteiger partial charge is 0.726 e. The van der Waals surface area contributed by atoms with Crippen molar-refractivity contribution in [3.63, 3.8) is 0 Å². The second kappa shape index (κ2) is 4.74. The number of nitrogens with zero attached hydrogens (tertiary/aromatic N) is 2. The van der Waals surface area contributed by atoms with Gasteiger partial charge < -0.3 is 4.55 Å². The lowest BCUT2D eigenvalue weighted by Gasteiger charge is -2.04. The van der Waals surface area contributed by atoms with Gasteiger partial charge in [0, 0.05) is 16.6 Å². The average Bonchev–Trinajstić information content (AvgIpc) is 2.27. The van der Waals surface area contributed by atoms with Crippen LogP contribution in [0.25, 0.3) is 10.9 Å². The predicted octanol–water partition coefficient (Wildman–Crippen LogP) is -0.000900. The Morgan fingerprint density at radius 3 is 2.82 bits per heavy atom. The monoisotopic (exact) mass is 254 g/mol. The first-order valence-electron chi connectivity index (χ1n) is 4.90. The summed E-state index contributed by atoms with van der Waals surface area (Å²) < 4.78 is 36.3. The number of aromatic nitrogens is 2. The van der Waals surface area contributed by atoms with Crippen LogP contribution in [0.2, 0.25) is 0 Å². The molecule has 0 aliphatic heterocycles. The molecule has 0 bridgehead atoms. The fourth-order valence-corrected chi connectivity index (χ4v) is 1.69. The molecule has 0 amide bonds. The summed E-state index contributed by atoms with van der Waals surface area (Å²) in [6.07, 6.45) is 1.70. The van der Waals surface area contributed by atoms with Gasteiger partial charge in [-0.2, -0.15) is 0 Å². The van der Waals surface area contributed by atoms with E-state index in [1.54, 1.807) is 6.20 Å². The van der Waals surface area contributed by atoms with E-state index in [1.165, 1.54) is 4.68 Å². The maximum absolute atomic E-state index is 10.2. The Kier molecular flexibility index (Phi) is 3.32. The van der Waals surface area contributed by atoms with Crippen LogP contribution in [-0.2, 0) is 21.1 Å². The molecule has 17 heavy (non-hydrogen) atoms. The van der Waals surface area contributed by atoms with Gasteiger partial charge in [-0.25, -0.2) is 8.42 Å². The van der Waals surface area contributed by atoms with Gasteiger partial charge in [0.05, 0.1) is 0 Å². The Hall–Kier alpha value is -1.57. The highest BCUT2D eigenvalue weighted by Crippen LogP contribution is 2.06. The minimum atomic E-state index is -4.63. The average molecular weight is 254 g/mol. The highest BCUT2D eigenvalue weighted by Gasteiger charge is 2.05. The number of hydrogen-bond acceptors (Lipinski definition) is 5. The van der Waals surface area contributed by atoms with Crippen LogP contribution in [0, 0.1) is 0 Å². The molecule has 90 valence electrons. The molecule has 2 rings (SSSR count). The molecule has 0 N–H and O–H groups in total. The van der Waals surface area contributed by atoms with E-state index in [0.717, 1.165) is 10.9 Å². The third-order valence-electron chi connectivity index (χ3n) is 2.15. The highest BCUT2D eigenvalue weighted by molar-refractivity contribution is 7.80. The third-order valence-corrected chi connectivity index (χ3v) is 2.60. The van der Waals surface area contributed by atoms with Gasteiger partial charge in [-0.05, 0) is 6.07 Å². The molecule has 0 fully saturated rings. The van der Waals surface area contributed by atoms with Crippen molar-refractivity contribution >= 4 is 21.3 Å². The van der Waals surface area contributed by atoms with Crippen LogP contribution in [0.4, 0.5) is 0 Å². The summed E-state index contributed by atoms with van der Waals surface area (Å²) in [5.41, 5.74) is 0.792. The van der Waals surface area contributed by atoms with Gasteiger partial charge in [-0.1, -0.05) is 22.9 Å². The van der Waals surface area contributed by atoms with E-state index in [2.05, 4.69) is 9.28 Å². The first kappa shape index (κ1) is 11.9. The van der Waals surface area contributed by atoms with E-state index in [1.807, 2.05) is 30.3 Å². The van der Waals surface area contributed by atoms with Gasteiger partial charge in [0.25, 0.3) is 0 Å². The predicted molar refractivity (Wildman–Crippen MR) is 57.6 cm³/mol. The molecule has 7 heteroatoms. The topological polar surface area (TPSA) is 83.2 Å². The molecular weight excluding hydrogens is 244 g/mol. The quantitative estimate of drug-likeness (QED) is 0.435. The molecule has 0 spiro atoms. The number of fused-ring (bicyclic) bond motifs is 1. The van der Waals surface area contributed by atoms with Crippen LogP contribution in [0.3, 0.4) is 0 Å². The van der Waals surface area contributed by atoms with Crippen LogP contribution < -0.4 is 4.68 Å². The zero-order valence-corrected chi connectivity index (χ0v) is 9.63. The maximum atomic E-state index is 10.2. The van der Waals surface area contributed by atoms with E-state index < -0.39 is 10.4 Å². The van der Waals surface area contributed by atoms with Gasteiger partial charge in [-0.3, -0.25) is 4.18 Å². The Morgan fingerprint density at radius 1 is 1.29 bits per heavy atom. The number of hydrogen-bond donors (Lipinski definition) is 0. The van der Waals surface area contributed by atoms with E-state index in [9.17, 15) is 13.0 Å². The van der Waals surface area contributed by atoms with Crippen LogP contribution in [0.5, 0.6) is 0 Å². The van der Waals surface area contributed by atoms with E-state index >= 15 is 0 Å². The third kappa shape index (κ3) is 3.45. The Morgan fingerprint density at radius 2 is 2.06 bits per heavy atom. The van der Waals surface area contributed by atoms with Crippen molar-refractivity contribution < 1.29 is 21.8 Å². The zero-order valence-electron chi connectivity index (χ0n) is 8.81. The summed E-state index contributed by atoms with van der Waals surface area (Å²) in [4.78, 5) is 0. The molecule has 2 aromatic rings. The molecule has 0 atom stereocenters.